The van der Waals surface area contributed by atoms with E-state index in [9.17, 15) is 4.79 Å². The third-order valence-corrected chi connectivity index (χ3v) is 5.40. The monoisotopic (exact) mass is 429 g/mol. The maximum Gasteiger partial charge on any atom is 0.235 e. The van der Waals surface area contributed by atoms with Crippen molar-refractivity contribution in [2.45, 2.75) is 26.8 Å². The van der Waals surface area contributed by atoms with Crippen molar-refractivity contribution in [3.05, 3.63) is 63.6 Å². The molecule has 1 heterocycles. The summed E-state index contributed by atoms with van der Waals surface area (Å²) in [5, 5.41) is 6.67. The molecule has 2 unspecified atom stereocenters. The number of amides is 1. The Labute approximate surface area is 167 Å². The lowest BCUT2D eigenvalue weighted by atomic mass is 9.87. The number of rotatable bonds is 3. The summed E-state index contributed by atoms with van der Waals surface area (Å²) >= 11 is 8.75. The number of halogens is 1. The van der Waals surface area contributed by atoms with Crippen LogP contribution < -0.4 is 10.6 Å². The van der Waals surface area contributed by atoms with Crippen molar-refractivity contribution in [3.63, 3.8) is 0 Å². The number of hydrogen-bond donors (Lipinski definition) is 2. The first-order valence-corrected chi connectivity index (χ1v) is 9.55. The summed E-state index contributed by atoms with van der Waals surface area (Å²) in [6, 6.07) is 13.5. The number of anilines is 1. The predicted molar refractivity (Wildman–Crippen MR) is 114 cm³/mol. The van der Waals surface area contributed by atoms with Gasteiger partial charge >= 0.3 is 0 Å². The molecular formula is C20H20BrN3OS. The van der Waals surface area contributed by atoms with Crippen LogP contribution in [-0.4, -0.2) is 16.7 Å². The minimum atomic E-state index is -0.448. The third-order valence-electron chi connectivity index (χ3n) is 4.69. The second kappa shape index (κ2) is 7.68. The number of hydrogen-bond acceptors (Lipinski definition) is 2. The first-order chi connectivity index (χ1) is 12.4. The maximum absolute atomic E-state index is 13.1. The molecule has 6 heteroatoms. The first-order valence-electron chi connectivity index (χ1n) is 8.35. The van der Waals surface area contributed by atoms with Crippen molar-refractivity contribution in [3.8, 4) is 0 Å². The molecule has 0 saturated heterocycles. The number of carbonyl (C=O) groups is 1. The van der Waals surface area contributed by atoms with Gasteiger partial charge in [-0.2, -0.15) is 0 Å². The van der Waals surface area contributed by atoms with Crippen molar-refractivity contribution in [2.75, 3.05) is 5.32 Å². The molecule has 0 fully saturated rings. The Morgan fingerprint density at radius 1 is 1.19 bits per heavy atom. The Morgan fingerprint density at radius 3 is 2.65 bits per heavy atom. The normalized spacial score (nSPS) is 19.5. The van der Waals surface area contributed by atoms with Gasteiger partial charge in [-0.25, -0.2) is 4.99 Å². The number of nitrogens with zero attached hydrogens (tertiary/aromatic N) is 1. The van der Waals surface area contributed by atoms with E-state index in [0.29, 0.717) is 10.8 Å². The van der Waals surface area contributed by atoms with Crippen molar-refractivity contribution in [1.82, 2.24) is 5.32 Å². The average Bonchev–Trinajstić information content (AvgIpc) is 2.58. The summed E-state index contributed by atoms with van der Waals surface area (Å²) < 4.78 is 0.955. The summed E-state index contributed by atoms with van der Waals surface area (Å²) in [6.07, 6.45) is 0. The molecule has 1 amide bonds. The summed E-state index contributed by atoms with van der Waals surface area (Å²) in [5.74, 6) is -0.546. The van der Waals surface area contributed by atoms with Gasteiger partial charge in [0.05, 0.1) is 6.04 Å². The van der Waals surface area contributed by atoms with E-state index in [-0.39, 0.29) is 11.9 Å². The highest BCUT2D eigenvalue weighted by Crippen LogP contribution is 2.30. The fourth-order valence-corrected chi connectivity index (χ4v) is 3.82. The lowest BCUT2D eigenvalue weighted by molar-refractivity contribution is -0.118. The Bertz CT molecular complexity index is 910. The number of benzene rings is 2. The van der Waals surface area contributed by atoms with E-state index < -0.39 is 5.92 Å². The van der Waals surface area contributed by atoms with Crippen LogP contribution in [0, 0.1) is 19.8 Å². The Hall–Kier alpha value is -2.05. The fraction of sp³-hybridized carbons (Fsp3) is 0.250. The van der Waals surface area contributed by atoms with Crippen LogP contribution in [0.5, 0.6) is 0 Å². The maximum atomic E-state index is 13.1. The molecule has 2 aromatic rings. The van der Waals surface area contributed by atoms with Crippen LogP contribution in [0.25, 0.3) is 0 Å². The van der Waals surface area contributed by atoms with E-state index in [1.807, 2.05) is 63.2 Å². The van der Waals surface area contributed by atoms with Crippen molar-refractivity contribution >= 4 is 50.6 Å². The summed E-state index contributed by atoms with van der Waals surface area (Å²) in [4.78, 5) is 17.5. The minimum absolute atomic E-state index is 0.0973. The highest BCUT2D eigenvalue weighted by molar-refractivity contribution is 9.10. The number of thiocarbonyl (C=S) groups is 1. The van der Waals surface area contributed by atoms with Gasteiger partial charge in [0, 0.05) is 15.9 Å². The van der Waals surface area contributed by atoms with Crippen LogP contribution in [0.4, 0.5) is 5.69 Å². The SMILES string of the molecule is CC1=NC(=S)NC(c2cccc(Br)c2)C1C(=O)Nc1cccc(C)c1C. The molecule has 1 aliphatic heterocycles. The topological polar surface area (TPSA) is 53.5 Å². The summed E-state index contributed by atoms with van der Waals surface area (Å²) in [7, 11) is 0. The van der Waals surface area contributed by atoms with Gasteiger partial charge in [-0.05, 0) is 67.9 Å². The highest BCUT2D eigenvalue weighted by Gasteiger charge is 2.36. The molecule has 0 radical (unpaired) electrons. The highest BCUT2D eigenvalue weighted by atomic mass is 79.9. The van der Waals surface area contributed by atoms with Gasteiger partial charge in [-0.15, -0.1) is 0 Å². The van der Waals surface area contributed by atoms with Gasteiger partial charge in [0.1, 0.15) is 5.92 Å². The van der Waals surface area contributed by atoms with E-state index in [4.69, 9.17) is 12.2 Å². The lowest BCUT2D eigenvalue weighted by Crippen LogP contribution is -2.45. The van der Waals surface area contributed by atoms with E-state index >= 15 is 0 Å². The number of carbonyl (C=O) groups excluding carboxylic acids is 1. The first kappa shape index (κ1) is 18.7. The van der Waals surface area contributed by atoms with E-state index in [1.165, 1.54) is 0 Å². The van der Waals surface area contributed by atoms with Gasteiger partial charge in [0.25, 0.3) is 0 Å². The lowest BCUT2D eigenvalue weighted by Gasteiger charge is -2.32. The Balaban J connectivity index is 1.95. The van der Waals surface area contributed by atoms with Crippen LogP contribution >= 0.6 is 28.1 Å². The quantitative estimate of drug-likeness (QED) is 0.694. The third kappa shape index (κ3) is 3.86. The zero-order valence-corrected chi connectivity index (χ0v) is 17.2. The molecule has 0 bridgehead atoms. The molecule has 2 N–H and O–H groups in total. The molecule has 0 aliphatic carbocycles. The zero-order valence-electron chi connectivity index (χ0n) is 14.8. The van der Waals surface area contributed by atoms with E-state index in [2.05, 4.69) is 31.6 Å². The molecule has 26 heavy (non-hydrogen) atoms. The van der Waals surface area contributed by atoms with E-state index in [1.54, 1.807) is 0 Å². The molecule has 134 valence electrons. The smallest absolute Gasteiger partial charge is 0.235 e. The average molecular weight is 430 g/mol. The fourth-order valence-electron chi connectivity index (χ4n) is 3.13. The number of aryl methyl sites for hydroxylation is 1. The summed E-state index contributed by atoms with van der Waals surface area (Å²) in [6.45, 7) is 5.89. The molecule has 0 saturated carbocycles. The molecule has 0 aromatic heterocycles. The van der Waals surface area contributed by atoms with Gasteiger partial charge in [-0.1, -0.05) is 40.2 Å². The van der Waals surface area contributed by atoms with Crippen molar-refractivity contribution < 1.29 is 4.79 Å². The molecule has 0 spiro atoms. The second-order valence-electron chi connectivity index (χ2n) is 6.45. The van der Waals surface area contributed by atoms with Crippen molar-refractivity contribution in [2.24, 2.45) is 10.9 Å². The van der Waals surface area contributed by atoms with Gasteiger partial charge < -0.3 is 10.6 Å². The zero-order chi connectivity index (χ0) is 18.8. The van der Waals surface area contributed by atoms with Crippen LogP contribution in [0.1, 0.15) is 29.7 Å². The van der Waals surface area contributed by atoms with Crippen LogP contribution in [0.15, 0.2) is 51.9 Å². The standard InChI is InChI=1S/C20H20BrN3OS/c1-11-6-4-9-16(12(11)2)23-19(25)17-13(3)22-20(26)24-18(17)14-7-5-8-15(21)10-14/h4-10,17-18H,1-3H3,(H,23,25)(H,24,26). The molecule has 1 aliphatic rings. The predicted octanol–water partition coefficient (Wildman–Crippen LogP) is 4.71. The molecule has 2 aromatic carbocycles. The van der Waals surface area contributed by atoms with Gasteiger partial charge in [0.2, 0.25) is 5.91 Å². The largest absolute Gasteiger partial charge is 0.353 e. The molecular weight excluding hydrogens is 410 g/mol. The van der Waals surface area contributed by atoms with Crippen LogP contribution in [-0.2, 0) is 4.79 Å². The van der Waals surface area contributed by atoms with Crippen LogP contribution in [0.2, 0.25) is 0 Å². The number of aliphatic imine (C=N–C) groups is 1. The van der Waals surface area contributed by atoms with E-state index in [0.717, 1.165) is 26.9 Å². The molecule has 3 rings (SSSR count). The Kier molecular flexibility index (Phi) is 5.53. The molecule has 2 atom stereocenters. The van der Waals surface area contributed by atoms with Crippen molar-refractivity contribution in [1.29, 1.82) is 0 Å². The Morgan fingerprint density at radius 2 is 1.92 bits per heavy atom. The van der Waals surface area contributed by atoms with Gasteiger partial charge in [-0.3, -0.25) is 4.79 Å². The molecule has 4 nitrogen and oxygen atoms in total. The van der Waals surface area contributed by atoms with Crippen LogP contribution in [0.3, 0.4) is 0 Å². The summed E-state index contributed by atoms with van der Waals surface area (Å²) in [5.41, 5.74) is 4.72. The second-order valence-corrected chi connectivity index (χ2v) is 7.75. The van der Waals surface area contributed by atoms with Gasteiger partial charge in [0.15, 0.2) is 5.11 Å². The number of nitrogens with one attached hydrogen (secondary N) is 2. The minimum Gasteiger partial charge on any atom is -0.353 e.